The average Bonchev–Trinajstić information content (AvgIpc) is 3.18. The molecule has 7 nitrogen and oxygen atoms in total. The molecule has 21 heavy (non-hydrogen) atoms. The van der Waals surface area contributed by atoms with Crippen LogP contribution in [0.3, 0.4) is 0 Å². The summed E-state index contributed by atoms with van der Waals surface area (Å²) in [7, 11) is 0. The second-order valence-electron chi connectivity index (χ2n) is 5.29. The molecule has 1 aromatic heterocycles. The molecule has 0 radical (unpaired) electrons. The van der Waals surface area contributed by atoms with E-state index in [0.29, 0.717) is 18.3 Å². The number of aryl methyl sites for hydroxylation is 1. The van der Waals surface area contributed by atoms with Crippen molar-refractivity contribution in [2.24, 2.45) is 0 Å². The van der Waals surface area contributed by atoms with Gasteiger partial charge in [-0.3, -0.25) is 4.90 Å². The van der Waals surface area contributed by atoms with Crippen LogP contribution in [0.4, 0.5) is 10.5 Å². The molecule has 0 aromatic carbocycles. The number of aromatic carboxylic acids is 1. The number of carboxylic acids is 1. The average molecular weight is 294 g/mol. The van der Waals surface area contributed by atoms with E-state index in [1.54, 1.807) is 13.0 Å². The number of likely N-dealkylation sites (N-methyl/N-ethyl adjacent to an activating group) is 1. The van der Waals surface area contributed by atoms with Crippen molar-refractivity contribution >= 4 is 17.7 Å². The minimum Gasteiger partial charge on any atom is -0.477 e. The summed E-state index contributed by atoms with van der Waals surface area (Å²) < 4.78 is 0. The lowest BCUT2D eigenvalue weighted by atomic mass is 10.3. The van der Waals surface area contributed by atoms with E-state index in [1.807, 2.05) is 0 Å². The molecule has 7 heteroatoms. The summed E-state index contributed by atoms with van der Waals surface area (Å²) in [4.78, 5) is 27.9. The van der Waals surface area contributed by atoms with Crippen LogP contribution >= 0.6 is 0 Å². The van der Waals surface area contributed by atoms with Gasteiger partial charge in [0.1, 0.15) is 5.69 Å². The van der Waals surface area contributed by atoms with Crippen LogP contribution in [0.15, 0.2) is 6.07 Å². The first kappa shape index (κ1) is 15.4. The lowest BCUT2D eigenvalue weighted by Crippen LogP contribution is -2.38. The number of amides is 2. The van der Waals surface area contributed by atoms with Gasteiger partial charge in [-0.15, -0.1) is 0 Å². The molecule has 2 amide bonds. The molecule has 1 heterocycles. The molecule has 0 aliphatic heterocycles. The number of urea groups is 1. The molecule has 2 rings (SSSR count). The first-order valence-electron chi connectivity index (χ1n) is 7.23. The fourth-order valence-electron chi connectivity index (χ4n) is 2.37. The van der Waals surface area contributed by atoms with Crippen LogP contribution in [0.25, 0.3) is 0 Å². The van der Waals surface area contributed by atoms with Crippen LogP contribution in [-0.2, 0) is 0 Å². The third-order valence-electron chi connectivity index (χ3n) is 3.57. The van der Waals surface area contributed by atoms with Crippen LogP contribution in [0.5, 0.6) is 0 Å². The van der Waals surface area contributed by atoms with Gasteiger partial charge >= 0.3 is 12.0 Å². The summed E-state index contributed by atoms with van der Waals surface area (Å²) in [5.74, 6) is -1.09. The third-order valence-corrected chi connectivity index (χ3v) is 3.57. The summed E-state index contributed by atoms with van der Waals surface area (Å²) in [6.07, 6.45) is 2.48. The Hall–Kier alpha value is -2.02. The van der Waals surface area contributed by atoms with Gasteiger partial charge < -0.3 is 20.7 Å². The largest absolute Gasteiger partial charge is 0.477 e. The molecule has 4 N–H and O–H groups in total. The van der Waals surface area contributed by atoms with E-state index in [0.717, 1.165) is 13.1 Å². The molecule has 1 aliphatic carbocycles. The van der Waals surface area contributed by atoms with Crippen molar-refractivity contribution in [2.45, 2.75) is 32.7 Å². The van der Waals surface area contributed by atoms with E-state index in [4.69, 9.17) is 5.11 Å². The molecule has 0 spiro atoms. The normalized spacial score (nSPS) is 14.2. The van der Waals surface area contributed by atoms with Crippen LogP contribution < -0.4 is 10.6 Å². The van der Waals surface area contributed by atoms with Gasteiger partial charge in [-0.1, -0.05) is 6.92 Å². The Bertz CT molecular complexity index is 522. The second kappa shape index (κ2) is 6.62. The number of hydrogen-bond acceptors (Lipinski definition) is 3. The van der Waals surface area contributed by atoms with E-state index < -0.39 is 5.97 Å². The fourth-order valence-corrected chi connectivity index (χ4v) is 2.37. The van der Waals surface area contributed by atoms with Crippen LogP contribution in [0, 0.1) is 6.92 Å². The molecule has 0 atom stereocenters. The number of anilines is 1. The van der Waals surface area contributed by atoms with Crippen molar-refractivity contribution in [1.82, 2.24) is 15.2 Å². The molecular weight excluding hydrogens is 272 g/mol. The Morgan fingerprint density at radius 3 is 2.76 bits per heavy atom. The third kappa shape index (κ3) is 4.22. The van der Waals surface area contributed by atoms with Gasteiger partial charge in [0, 0.05) is 24.8 Å². The first-order chi connectivity index (χ1) is 10.0. The van der Waals surface area contributed by atoms with Crippen LogP contribution in [-0.4, -0.2) is 52.7 Å². The Balaban J connectivity index is 1.80. The molecule has 1 aliphatic rings. The molecule has 1 aromatic rings. The van der Waals surface area contributed by atoms with Gasteiger partial charge in [-0.25, -0.2) is 9.59 Å². The van der Waals surface area contributed by atoms with Crippen LogP contribution in [0.1, 0.15) is 35.9 Å². The number of H-pyrrole nitrogens is 1. The van der Waals surface area contributed by atoms with Gasteiger partial charge in [-0.05, 0) is 32.4 Å². The van der Waals surface area contributed by atoms with Crippen molar-refractivity contribution in [3.63, 3.8) is 0 Å². The highest BCUT2D eigenvalue weighted by Crippen LogP contribution is 2.25. The van der Waals surface area contributed by atoms with E-state index in [2.05, 4.69) is 27.4 Å². The zero-order valence-electron chi connectivity index (χ0n) is 12.4. The van der Waals surface area contributed by atoms with Crippen molar-refractivity contribution in [3.05, 3.63) is 17.5 Å². The monoisotopic (exact) mass is 294 g/mol. The zero-order chi connectivity index (χ0) is 15.4. The predicted octanol–water partition coefficient (Wildman–Crippen LogP) is 1.63. The highest BCUT2D eigenvalue weighted by atomic mass is 16.4. The van der Waals surface area contributed by atoms with E-state index >= 15 is 0 Å². The Morgan fingerprint density at radius 2 is 2.19 bits per heavy atom. The van der Waals surface area contributed by atoms with E-state index in [9.17, 15) is 9.59 Å². The molecular formula is C14H22N4O3. The lowest BCUT2D eigenvalue weighted by Gasteiger charge is -2.19. The maximum atomic E-state index is 11.8. The van der Waals surface area contributed by atoms with Gasteiger partial charge in [0.15, 0.2) is 0 Å². The SMILES string of the molecule is CCN(CCNC(=O)Nc1cc(C)[nH]c1C(=O)O)C1CC1. The minimum absolute atomic E-state index is 0.00387. The molecule has 0 bridgehead atoms. The Morgan fingerprint density at radius 1 is 1.48 bits per heavy atom. The quantitative estimate of drug-likeness (QED) is 0.614. The minimum atomic E-state index is -1.09. The summed E-state index contributed by atoms with van der Waals surface area (Å²) in [5.41, 5.74) is 0.969. The van der Waals surface area contributed by atoms with Gasteiger partial charge in [0.2, 0.25) is 0 Å². The number of carboxylic acid groups (broad SMARTS) is 1. The number of rotatable bonds is 7. The zero-order valence-corrected chi connectivity index (χ0v) is 12.4. The number of nitrogens with one attached hydrogen (secondary N) is 3. The van der Waals surface area contributed by atoms with E-state index in [-0.39, 0.29) is 17.4 Å². The molecule has 1 saturated carbocycles. The summed E-state index contributed by atoms with van der Waals surface area (Å²) in [5, 5.41) is 14.4. The summed E-state index contributed by atoms with van der Waals surface area (Å²) in [6.45, 7) is 6.19. The lowest BCUT2D eigenvalue weighted by molar-refractivity contribution is 0.0692. The van der Waals surface area contributed by atoms with Gasteiger partial charge in [0.05, 0.1) is 5.69 Å². The molecule has 1 fully saturated rings. The molecule has 0 unspecified atom stereocenters. The maximum absolute atomic E-state index is 11.8. The highest BCUT2D eigenvalue weighted by molar-refractivity contribution is 5.99. The topological polar surface area (TPSA) is 97.5 Å². The number of aromatic nitrogens is 1. The number of aromatic amines is 1. The molecule has 116 valence electrons. The smallest absolute Gasteiger partial charge is 0.354 e. The Labute approximate surface area is 123 Å². The van der Waals surface area contributed by atoms with Crippen molar-refractivity contribution in [1.29, 1.82) is 0 Å². The second-order valence-corrected chi connectivity index (χ2v) is 5.29. The van der Waals surface area contributed by atoms with Crippen molar-refractivity contribution in [3.8, 4) is 0 Å². The molecule has 0 saturated heterocycles. The first-order valence-corrected chi connectivity index (χ1v) is 7.23. The summed E-state index contributed by atoms with van der Waals surface area (Å²) in [6, 6.07) is 1.89. The van der Waals surface area contributed by atoms with Crippen molar-refractivity contribution in [2.75, 3.05) is 25.0 Å². The van der Waals surface area contributed by atoms with E-state index in [1.165, 1.54) is 12.8 Å². The number of carbonyl (C=O) groups is 2. The fraction of sp³-hybridized carbons (Fsp3) is 0.571. The summed E-state index contributed by atoms with van der Waals surface area (Å²) >= 11 is 0. The number of carbonyl (C=O) groups excluding carboxylic acids is 1. The number of nitrogens with zero attached hydrogens (tertiary/aromatic N) is 1. The highest BCUT2D eigenvalue weighted by Gasteiger charge is 2.27. The predicted molar refractivity (Wildman–Crippen MR) is 79.8 cm³/mol. The standard InChI is InChI=1S/C14H22N4O3/c1-3-18(10-4-5-10)7-6-15-14(21)17-11-8-9(2)16-12(11)13(19)20/h8,10,16H,3-7H2,1-2H3,(H,19,20)(H2,15,17,21). The Kier molecular flexibility index (Phi) is 4.85. The van der Waals surface area contributed by atoms with Crippen LogP contribution in [0.2, 0.25) is 0 Å². The number of hydrogen-bond donors (Lipinski definition) is 4. The van der Waals surface area contributed by atoms with Gasteiger partial charge in [-0.2, -0.15) is 0 Å². The van der Waals surface area contributed by atoms with Crippen molar-refractivity contribution < 1.29 is 14.7 Å². The maximum Gasteiger partial charge on any atom is 0.354 e. The van der Waals surface area contributed by atoms with Gasteiger partial charge in [0.25, 0.3) is 0 Å².